The monoisotopic (exact) mass is 284 g/mol. The molecule has 1 atom stereocenters. The second-order valence-corrected chi connectivity index (χ2v) is 5.82. The van der Waals surface area contributed by atoms with Crippen molar-refractivity contribution in [1.29, 1.82) is 0 Å². The van der Waals surface area contributed by atoms with Gasteiger partial charge in [0.1, 0.15) is 5.82 Å². The van der Waals surface area contributed by atoms with Crippen LogP contribution >= 0.6 is 11.8 Å². The molecule has 1 unspecified atom stereocenters. The molecule has 0 bridgehead atoms. The third-order valence-corrected chi connectivity index (χ3v) is 4.40. The number of hydrogen-bond donors (Lipinski definition) is 2. The van der Waals surface area contributed by atoms with Crippen LogP contribution in [0.15, 0.2) is 29.2 Å². The Morgan fingerprint density at radius 2 is 2.11 bits per heavy atom. The quantitative estimate of drug-likeness (QED) is 0.570. The minimum atomic E-state index is -0.650. The van der Waals surface area contributed by atoms with E-state index in [1.165, 1.54) is 17.8 Å². The minimum absolute atomic E-state index is 0.176. The summed E-state index contributed by atoms with van der Waals surface area (Å²) in [6.07, 6.45) is 2.49. The van der Waals surface area contributed by atoms with Crippen molar-refractivity contribution >= 4 is 17.7 Å². The van der Waals surface area contributed by atoms with E-state index >= 15 is 0 Å². The fourth-order valence-corrected chi connectivity index (χ4v) is 2.65. The molecule has 0 saturated heterocycles. The van der Waals surface area contributed by atoms with Crippen LogP contribution in [0.3, 0.4) is 0 Å². The van der Waals surface area contributed by atoms with Crippen molar-refractivity contribution in [2.75, 3.05) is 12.8 Å². The highest BCUT2D eigenvalue weighted by Gasteiger charge is 2.27. The van der Waals surface area contributed by atoms with Gasteiger partial charge in [-0.1, -0.05) is 18.6 Å². The summed E-state index contributed by atoms with van der Waals surface area (Å²) >= 11 is 1.50. The number of likely N-dealkylation sites (N-methyl/N-ethyl adjacent to an activating group) is 1. The SMILES string of the molecule is CNC(C)(CCCCSc1ccccc1F)C(N)=O. The number of primary amides is 1. The lowest BCUT2D eigenvalue weighted by Crippen LogP contribution is -2.51. The van der Waals surface area contributed by atoms with E-state index in [1.807, 2.05) is 6.07 Å². The van der Waals surface area contributed by atoms with Gasteiger partial charge >= 0.3 is 0 Å². The Labute approximate surface area is 118 Å². The maximum Gasteiger partial charge on any atom is 0.237 e. The molecule has 1 rings (SSSR count). The summed E-state index contributed by atoms with van der Waals surface area (Å²) in [5.41, 5.74) is 4.70. The number of amides is 1. The van der Waals surface area contributed by atoms with Gasteiger partial charge in [0.25, 0.3) is 0 Å². The lowest BCUT2D eigenvalue weighted by atomic mass is 9.94. The molecular formula is C14H21FN2OS. The Bertz CT molecular complexity index is 428. The molecule has 1 aromatic carbocycles. The van der Waals surface area contributed by atoms with E-state index < -0.39 is 5.54 Å². The average Bonchev–Trinajstić information content (AvgIpc) is 2.39. The van der Waals surface area contributed by atoms with Gasteiger partial charge in [-0.3, -0.25) is 4.79 Å². The van der Waals surface area contributed by atoms with Crippen LogP contribution in [0.25, 0.3) is 0 Å². The van der Waals surface area contributed by atoms with Crippen LogP contribution < -0.4 is 11.1 Å². The Morgan fingerprint density at radius 3 is 2.68 bits per heavy atom. The third kappa shape index (κ3) is 4.84. The Balaban J connectivity index is 2.29. The van der Waals surface area contributed by atoms with E-state index in [2.05, 4.69) is 5.32 Å². The summed E-state index contributed by atoms with van der Waals surface area (Å²) in [6.45, 7) is 1.80. The largest absolute Gasteiger partial charge is 0.368 e. The molecule has 1 amide bonds. The third-order valence-electron chi connectivity index (χ3n) is 3.26. The molecule has 3 nitrogen and oxygen atoms in total. The van der Waals surface area contributed by atoms with Crippen LogP contribution in [-0.2, 0) is 4.79 Å². The molecule has 0 aliphatic heterocycles. The van der Waals surface area contributed by atoms with Crippen molar-refractivity contribution in [2.45, 2.75) is 36.6 Å². The molecule has 0 saturated carbocycles. The van der Waals surface area contributed by atoms with Gasteiger partial charge in [0, 0.05) is 4.90 Å². The van der Waals surface area contributed by atoms with E-state index in [-0.39, 0.29) is 11.7 Å². The second-order valence-electron chi connectivity index (χ2n) is 4.68. The number of benzene rings is 1. The Morgan fingerprint density at radius 1 is 1.42 bits per heavy atom. The predicted molar refractivity (Wildman–Crippen MR) is 77.6 cm³/mol. The first-order valence-corrected chi connectivity index (χ1v) is 7.34. The number of rotatable bonds is 8. The van der Waals surface area contributed by atoms with Gasteiger partial charge in [0.15, 0.2) is 0 Å². The first kappa shape index (κ1) is 16.0. The number of hydrogen-bond acceptors (Lipinski definition) is 3. The highest BCUT2D eigenvalue weighted by Crippen LogP contribution is 2.23. The molecule has 0 aliphatic carbocycles. The summed E-state index contributed by atoms with van der Waals surface area (Å²) in [5.74, 6) is 0.320. The number of nitrogens with two attached hydrogens (primary N) is 1. The highest BCUT2D eigenvalue weighted by molar-refractivity contribution is 7.99. The summed E-state index contributed by atoms with van der Waals surface area (Å²) in [5, 5.41) is 2.95. The smallest absolute Gasteiger partial charge is 0.237 e. The number of halogens is 1. The second kappa shape index (κ2) is 7.50. The average molecular weight is 284 g/mol. The van der Waals surface area contributed by atoms with E-state index in [0.29, 0.717) is 11.3 Å². The maximum atomic E-state index is 13.4. The van der Waals surface area contributed by atoms with Gasteiger partial charge in [-0.25, -0.2) is 4.39 Å². The fourth-order valence-electron chi connectivity index (χ4n) is 1.70. The number of nitrogens with one attached hydrogen (secondary N) is 1. The lowest BCUT2D eigenvalue weighted by molar-refractivity contribution is -0.123. The van der Waals surface area contributed by atoms with Crippen molar-refractivity contribution in [3.05, 3.63) is 30.1 Å². The van der Waals surface area contributed by atoms with E-state index in [9.17, 15) is 9.18 Å². The molecule has 0 heterocycles. The van der Waals surface area contributed by atoms with Gasteiger partial charge in [-0.2, -0.15) is 0 Å². The van der Waals surface area contributed by atoms with Crippen LogP contribution in [0, 0.1) is 5.82 Å². The van der Waals surface area contributed by atoms with E-state index in [4.69, 9.17) is 5.73 Å². The zero-order chi connectivity index (χ0) is 14.3. The molecule has 5 heteroatoms. The van der Waals surface area contributed by atoms with Crippen LogP contribution in [0.1, 0.15) is 26.2 Å². The molecular weight excluding hydrogens is 263 g/mol. The van der Waals surface area contributed by atoms with Crippen molar-refractivity contribution in [3.8, 4) is 0 Å². The normalized spacial score (nSPS) is 14.1. The number of unbranched alkanes of at least 4 members (excludes halogenated alkanes) is 1. The first-order chi connectivity index (χ1) is 8.99. The Hall–Kier alpha value is -1.07. The molecule has 0 spiro atoms. The summed E-state index contributed by atoms with van der Waals surface area (Å²) < 4.78 is 13.4. The van der Waals surface area contributed by atoms with Crippen molar-refractivity contribution in [1.82, 2.24) is 5.32 Å². The van der Waals surface area contributed by atoms with Crippen LogP contribution in [0.5, 0.6) is 0 Å². The van der Waals surface area contributed by atoms with Gasteiger partial charge in [0.2, 0.25) is 5.91 Å². The van der Waals surface area contributed by atoms with E-state index in [0.717, 1.165) is 18.6 Å². The molecule has 19 heavy (non-hydrogen) atoms. The highest BCUT2D eigenvalue weighted by atomic mass is 32.2. The predicted octanol–water partition coefficient (Wildman–Crippen LogP) is 2.55. The standard InChI is InChI=1S/C14H21FN2OS/c1-14(17-2,13(16)18)9-5-6-10-19-12-8-4-3-7-11(12)15/h3-4,7-8,17H,5-6,9-10H2,1-2H3,(H2,16,18). The number of carbonyl (C=O) groups is 1. The molecule has 0 aromatic heterocycles. The van der Waals surface area contributed by atoms with Crippen LogP contribution in [0.2, 0.25) is 0 Å². The van der Waals surface area contributed by atoms with Gasteiger partial charge in [-0.15, -0.1) is 11.8 Å². The molecule has 0 aliphatic rings. The van der Waals surface area contributed by atoms with Crippen molar-refractivity contribution in [2.24, 2.45) is 5.73 Å². The summed E-state index contributed by atoms with van der Waals surface area (Å²) in [4.78, 5) is 12.0. The molecule has 3 N–H and O–H groups in total. The molecule has 0 fully saturated rings. The minimum Gasteiger partial charge on any atom is -0.368 e. The molecule has 106 valence electrons. The molecule has 0 radical (unpaired) electrons. The van der Waals surface area contributed by atoms with Crippen LogP contribution in [0.4, 0.5) is 4.39 Å². The van der Waals surface area contributed by atoms with Gasteiger partial charge < -0.3 is 11.1 Å². The lowest BCUT2D eigenvalue weighted by Gasteiger charge is -2.25. The number of carbonyl (C=O) groups excluding carboxylic acids is 1. The van der Waals surface area contributed by atoms with Crippen molar-refractivity contribution in [3.63, 3.8) is 0 Å². The maximum absolute atomic E-state index is 13.4. The summed E-state index contributed by atoms with van der Waals surface area (Å²) in [6, 6.07) is 6.76. The topological polar surface area (TPSA) is 55.1 Å². The van der Waals surface area contributed by atoms with Crippen LogP contribution in [-0.4, -0.2) is 24.2 Å². The Kier molecular flexibility index (Phi) is 6.31. The zero-order valence-electron chi connectivity index (χ0n) is 11.4. The fraction of sp³-hybridized carbons (Fsp3) is 0.500. The zero-order valence-corrected chi connectivity index (χ0v) is 12.2. The van der Waals surface area contributed by atoms with E-state index in [1.54, 1.807) is 26.1 Å². The number of thioether (sulfide) groups is 1. The van der Waals surface area contributed by atoms with Crippen molar-refractivity contribution < 1.29 is 9.18 Å². The van der Waals surface area contributed by atoms with Gasteiger partial charge in [-0.05, 0) is 44.7 Å². The molecule has 1 aromatic rings. The first-order valence-electron chi connectivity index (χ1n) is 6.36. The van der Waals surface area contributed by atoms with Gasteiger partial charge in [0.05, 0.1) is 5.54 Å². The summed E-state index contributed by atoms with van der Waals surface area (Å²) in [7, 11) is 1.73.